The van der Waals surface area contributed by atoms with Gasteiger partial charge in [0.15, 0.2) is 0 Å². The predicted molar refractivity (Wildman–Crippen MR) is 128 cm³/mol. The number of phenols is 1. The number of aromatic hydroxyl groups is 1. The van der Waals surface area contributed by atoms with Gasteiger partial charge in [0.05, 0.1) is 10.5 Å². The fourth-order valence-corrected chi connectivity index (χ4v) is 4.63. The summed E-state index contributed by atoms with van der Waals surface area (Å²) >= 11 is 12.1. The molecule has 1 aliphatic carbocycles. The molecule has 1 aliphatic rings. The summed E-state index contributed by atoms with van der Waals surface area (Å²) in [6.45, 7) is 0.537. The van der Waals surface area contributed by atoms with Gasteiger partial charge in [-0.05, 0) is 49.9 Å². The van der Waals surface area contributed by atoms with Crippen LogP contribution in [-0.4, -0.2) is 41.3 Å². The first-order valence-electron chi connectivity index (χ1n) is 10.5. The van der Waals surface area contributed by atoms with Crippen LogP contribution in [0.15, 0.2) is 36.4 Å². The topological polar surface area (TPSA) is 73.3 Å². The van der Waals surface area contributed by atoms with E-state index in [-0.39, 0.29) is 10.8 Å². The number of halogens is 2. The molecule has 3 N–H and O–H groups in total. The maximum atomic E-state index is 10.1. The van der Waals surface area contributed by atoms with E-state index in [0.717, 1.165) is 48.0 Å². The Morgan fingerprint density at radius 3 is 2.48 bits per heavy atom. The second-order valence-corrected chi connectivity index (χ2v) is 9.10. The number of anilines is 2. The highest BCUT2D eigenvalue weighted by Gasteiger charge is 2.22. The van der Waals surface area contributed by atoms with Gasteiger partial charge in [0.2, 0.25) is 5.95 Å². The Morgan fingerprint density at radius 1 is 1.03 bits per heavy atom. The number of hydrogen-bond acceptors (Lipinski definition) is 6. The van der Waals surface area contributed by atoms with Crippen LogP contribution in [0.2, 0.25) is 10.0 Å². The highest BCUT2D eigenvalue weighted by atomic mass is 35.5. The molecule has 1 saturated carbocycles. The molecular weight excluding hydrogens is 433 g/mol. The van der Waals surface area contributed by atoms with E-state index in [1.54, 1.807) is 12.1 Å². The zero-order valence-electron chi connectivity index (χ0n) is 17.7. The molecule has 0 aliphatic heterocycles. The first kappa shape index (κ1) is 21.9. The van der Waals surface area contributed by atoms with Crippen molar-refractivity contribution in [2.24, 2.45) is 0 Å². The number of nitrogens with one attached hydrogen (secondary N) is 2. The number of para-hydroxylation sites is 1. The average Bonchev–Trinajstić information content (AvgIpc) is 2.75. The molecule has 164 valence electrons. The van der Waals surface area contributed by atoms with Gasteiger partial charge in [0.1, 0.15) is 11.6 Å². The van der Waals surface area contributed by atoms with Gasteiger partial charge in [-0.25, -0.2) is 4.98 Å². The van der Waals surface area contributed by atoms with E-state index >= 15 is 0 Å². The minimum Gasteiger partial charge on any atom is -0.506 e. The predicted octanol–water partition coefficient (Wildman–Crippen LogP) is 5.22. The SMILES string of the molecule is CN(C)c1nc(NC2CCC(NCc3cc(Cl)cc(Cl)c3O)CC2)nc2ccccc12. The Hall–Kier alpha value is -2.28. The van der Waals surface area contributed by atoms with Gasteiger partial charge in [-0.3, -0.25) is 0 Å². The van der Waals surface area contributed by atoms with Gasteiger partial charge in [-0.15, -0.1) is 0 Å². The molecule has 6 nitrogen and oxygen atoms in total. The van der Waals surface area contributed by atoms with Gasteiger partial charge in [-0.2, -0.15) is 4.98 Å². The summed E-state index contributed by atoms with van der Waals surface area (Å²) in [4.78, 5) is 11.5. The monoisotopic (exact) mass is 459 g/mol. The van der Waals surface area contributed by atoms with Gasteiger partial charge in [0.25, 0.3) is 0 Å². The van der Waals surface area contributed by atoms with E-state index in [4.69, 9.17) is 33.2 Å². The van der Waals surface area contributed by atoms with Gasteiger partial charge in [-0.1, -0.05) is 35.3 Å². The molecule has 0 saturated heterocycles. The molecule has 0 radical (unpaired) electrons. The molecule has 3 aromatic rings. The smallest absolute Gasteiger partial charge is 0.225 e. The van der Waals surface area contributed by atoms with E-state index in [1.807, 2.05) is 37.2 Å². The van der Waals surface area contributed by atoms with E-state index in [2.05, 4.69) is 16.7 Å². The van der Waals surface area contributed by atoms with Gasteiger partial charge < -0.3 is 20.6 Å². The van der Waals surface area contributed by atoms with Crippen LogP contribution in [0.25, 0.3) is 10.9 Å². The summed E-state index contributed by atoms with van der Waals surface area (Å²) in [6.07, 6.45) is 4.10. The lowest BCUT2D eigenvalue weighted by molar-refractivity contribution is 0.350. The molecule has 1 heterocycles. The Labute approximate surface area is 192 Å². The van der Waals surface area contributed by atoms with Crippen molar-refractivity contribution >= 4 is 45.9 Å². The Bertz CT molecular complexity index is 1070. The summed E-state index contributed by atoms with van der Waals surface area (Å²) in [6, 6.07) is 12.1. The molecule has 1 fully saturated rings. The van der Waals surface area contributed by atoms with E-state index < -0.39 is 0 Å². The highest BCUT2D eigenvalue weighted by Crippen LogP contribution is 2.32. The van der Waals surface area contributed by atoms with Crippen LogP contribution < -0.4 is 15.5 Å². The summed E-state index contributed by atoms with van der Waals surface area (Å²) < 4.78 is 0. The van der Waals surface area contributed by atoms with Crippen LogP contribution in [0.5, 0.6) is 5.75 Å². The van der Waals surface area contributed by atoms with Gasteiger partial charge >= 0.3 is 0 Å². The van der Waals surface area contributed by atoms with Crippen LogP contribution in [-0.2, 0) is 6.54 Å². The number of nitrogens with zero attached hydrogens (tertiary/aromatic N) is 3. The van der Waals surface area contributed by atoms with Crippen LogP contribution in [0, 0.1) is 0 Å². The molecule has 31 heavy (non-hydrogen) atoms. The van der Waals surface area contributed by atoms with Crippen molar-refractivity contribution in [3.8, 4) is 5.75 Å². The Morgan fingerprint density at radius 2 is 1.74 bits per heavy atom. The summed E-state index contributed by atoms with van der Waals surface area (Å²) in [5.74, 6) is 1.69. The summed E-state index contributed by atoms with van der Waals surface area (Å²) in [5, 5.41) is 19.1. The molecule has 0 amide bonds. The minimum absolute atomic E-state index is 0.0964. The van der Waals surface area contributed by atoms with Crippen molar-refractivity contribution in [3.05, 3.63) is 52.0 Å². The van der Waals surface area contributed by atoms with E-state index in [1.165, 1.54) is 0 Å². The van der Waals surface area contributed by atoms with Crippen molar-refractivity contribution in [1.29, 1.82) is 0 Å². The zero-order valence-corrected chi connectivity index (χ0v) is 19.2. The Kier molecular flexibility index (Phi) is 6.70. The van der Waals surface area contributed by atoms with Crippen LogP contribution >= 0.6 is 23.2 Å². The standard InChI is InChI=1S/C23H27Cl2N5O/c1-30(2)22-18-5-3-4-6-20(18)28-23(29-22)27-17-9-7-16(8-10-17)26-13-14-11-15(24)12-19(25)21(14)31/h3-6,11-12,16-17,26,31H,7-10,13H2,1-2H3,(H,27,28,29). The molecule has 8 heteroatoms. The molecule has 0 atom stereocenters. The summed E-state index contributed by atoms with van der Waals surface area (Å²) in [7, 11) is 4.00. The summed E-state index contributed by atoms with van der Waals surface area (Å²) in [5.41, 5.74) is 1.66. The molecule has 0 unspecified atom stereocenters. The molecule has 4 rings (SSSR count). The number of hydrogen-bond donors (Lipinski definition) is 3. The first-order chi connectivity index (χ1) is 14.9. The van der Waals surface area contributed by atoms with Crippen molar-refractivity contribution in [3.63, 3.8) is 0 Å². The fraction of sp³-hybridized carbons (Fsp3) is 0.391. The normalized spacial score (nSPS) is 18.8. The second kappa shape index (κ2) is 9.47. The van der Waals surface area contributed by atoms with Crippen molar-refractivity contribution in [2.75, 3.05) is 24.3 Å². The van der Waals surface area contributed by atoms with Crippen molar-refractivity contribution in [1.82, 2.24) is 15.3 Å². The van der Waals surface area contributed by atoms with Crippen LogP contribution in [0.3, 0.4) is 0 Å². The molecule has 1 aromatic heterocycles. The minimum atomic E-state index is 0.0964. The number of aromatic nitrogens is 2. The molecule has 0 bridgehead atoms. The third kappa shape index (κ3) is 5.14. The largest absolute Gasteiger partial charge is 0.506 e. The quantitative estimate of drug-likeness (QED) is 0.469. The third-order valence-corrected chi connectivity index (χ3v) is 6.26. The lowest BCUT2D eigenvalue weighted by atomic mass is 9.91. The third-order valence-electron chi connectivity index (χ3n) is 5.76. The molecule has 2 aromatic carbocycles. The van der Waals surface area contributed by atoms with Crippen LogP contribution in [0.4, 0.5) is 11.8 Å². The van der Waals surface area contributed by atoms with E-state index in [0.29, 0.717) is 29.6 Å². The lowest BCUT2D eigenvalue weighted by Gasteiger charge is -2.30. The molecule has 0 spiro atoms. The Balaban J connectivity index is 1.35. The number of rotatable bonds is 6. The number of benzene rings is 2. The maximum absolute atomic E-state index is 10.1. The van der Waals surface area contributed by atoms with E-state index in [9.17, 15) is 5.11 Å². The highest BCUT2D eigenvalue weighted by molar-refractivity contribution is 6.35. The fourth-order valence-electron chi connectivity index (χ4n) is 4.10. The first-order valence-corrected chi connectivity index (χ1v) is 11.3. The lowest BCUT2D eigenvalue weighted by Crippen LogP contribution is -2.37. The second-order valence-electron chi connectivity index (χ2n) is 8.25. The zero-order chi connectivity index (χ0) is 22.0. The van der Waals surface area contributed by atoms with Crippen molar-refractivity contribution in [2.45, 2.75) is 44.3 Å². The maximum Gasteiger partial charge on any atom is 0.225 e. The van der Waals surface area contributed by atoms with Crippen molar-refractivity contribution < 1.29 is 5.11 Å². The van der Waals surface area contributed by atoms with Crippen LogP contribution in [0.1, 0.15) is 31.2 Å². The number of phenolic OH excluding ortho intramolecular Hbond substituents is 1. The van der Waals surface area contributed by atoms with Gasteiger partial charge in [0, 0.05) is 48.7 Å². The molecular formula is C23H27Cl2N5O. The average molecular weight is 460 g/mol. The number of fused-ring (bicyclic) bond motifs is 1.